The van der Waals surface area contributed by atoms with Crippen molar-refractivity contribution in [2.24, 2.45) is 0 Å². The minimum Gasteiger partial charge on any atom is -0.369 e. The number of hydrogen-bond acceptors (Lipinski definition) is 4. The summed E-state index contributed by atoms with van der Waals surface area (Å²) in [7, 11) is 0. The highest BCUT2D eigenvalue weighted by Gasteiger charge is 2.19. The van der Waals surface area contributed by atoms with Gasteiger partial charge in [-0.1, -0.05) is 33.2 Å². The van der Waals surface area contributed by atoms with E-state index in [1.165, 1.54) is 5.69 Å². The number of benzene rings is 2. The molecule has 0 amide bonds. The van der Waals surface area contributed by atoms with Gasteiger partial charge in [-0.3, -0.25) is 4.90 Å². The lowest BCUT2D eigenvalue weighted by atomic mass is 10.2. The van der Waals surface area contributed by atoms with Crippen LogP contribution >= 0.6 is 15.9 Å². The van der Waals surface area contributed by atoms with Crippen LogP contribution in [-0.4, -0.2) is 36.2 Å². The second-order valence-corrected chi connectivity index (χ2v) is 6.78. The summed E-state index contributed by atoms with van der Waals surface area (Å²) in [6, 6.07) is 16.6. The predicted molar refractivity (Wildman–Crippen MR) is 95.6 cm³/mol. The van der Waals surface area contributed by atoms with E-state index in [4.69, 9.17) is 4.52 Å². The largest absolute Gasteiger partial charge is 0.369 e. The molecule has 1 aliphatic heterocycles. The number of piperazine rings is 1. The fourth-order valence-electron chi connectivity index (χ4n) is 3.08. The summed E-state index contributed by atoms with van der Waals surface area (Å²) in [6.07, 6.45) is 0. The van der Waals surface area contributed by atoms with E-state index in [0.717, 1.165) is 53.9 Å². The van der Waals surface area contributed by atoms with Gasteiger partial charge in [0, 0.05) is 48.3 Å². The zero-order chi connectivity index (χ0) is 15.6. The quantitative estimate of drug-likeness (QED) is 0.698. The molecule has 4 nitrogen and oxygen atoms in total. The number of halogens is 1. The topological polar surface area (TPSA) is 32.5 Å². The van der Waals surface area contributed by atoms with Crippen LogP contribution in [0.4, 0.5) is 5.69 Å². The van der Waals surface area contributed by atoms with Crippen molar-refractivity contribution in [1.29, 1.82) is 0 Å². The molecule has 1 aromatic heterocycles. The van der Waals surface area contributed by atoms with Crippen LogP contribution in [0.1, 0.15) is 5.69 Å². The van der Waals surface area contributed by atoms with Crippen molar-refractivity contribution < 1.29 is 4.52 Å². The highest BCUT2D eigenvalue weighted by molar-refractivity contribution is 9.10. The molecule has 118 valence electrons. The molecule has 1 fully saturated rings. The summed E-state index contributed by atoms with van der Waals surface area (Å²) in [5, 5.41) is 5.37. The number of hydrogen-bond donors (Lipinski definition) is 0. The highest BCUT2D eigenvalue weighted by atomic mass is 79.9. The van der Waals surface area contributed by atoms with E-state index in [-0.39, 0.29) is 0 Å². The molecule has 0 spiro atoms. The molecule has 0 saturated carbocycles. The van der Waals surface area contributed by atoms with E-state index in [9.17, 15) is 0 Å². The summed E-state index contributed by atoms with van der Waals surface area (Å²) in [5.41, 5.74) is 3.20. The smallest absolute Gasteiger partial charge is 0.167 e. The molecule has 4 rings (SSSR count). The summed E-state index contributed by atoms with van der Waals surface area (Å²) in [4.78, 5) is 4.88. The van der Waals surface area contributed by atoms with Gasteiger partial charge in [0.05, 0.1) is 0 Å². The lowest BCUT2D eigenvalue weighted by molar-refractivity contribution is 0.243. The molecule has 1 aliphatic rings. The first-order valence-corrected chi connectivity index (χ1v) is 8.65. The van der Waals surface area contributed by atoms with Gasteiger partial charge in [-0.15, -0.1) is 0 Å². The molecule has 0 radical (unpaired) electrons. The van der Waals surface area contributed by atoms with Gasteiger partial charge in [0.1, 0.15) is 5.69 Å². The normalized spacial score (nSPS) is 16.1. The lowest BCUT2D eigenvalue weighted by Gasteiger charge is -2.35. The van der Waals surface area contributed by atoms with E-state index >= 15 is 0 Å². The van der Waals surface area contributed by atoms with Gasteiger partial charge in [0.25, 0.3) is 0 Å². The lowest BCUT2D eigenvalue weighted by Crippen LogP contribution is -2.46. The van der Waals surface area contributed by atoms with Crippen molar-refractivity contribution in [2.75, 3.05) is 31.1 Å². The third-order valence-corrected chi connectivity index (χ3v) is 4.92. The molecule has 0 N–H and O–H groups in total. The number of anilines is 1. The van der Waals surface area contributed by atoms with E-state index in [1.807, 2.05) is 18.2 Å². The maximum absolute atomic E-state index is 5.40. The van der Waals surface area contributed by atoms with Crippen molar-refractivity contribution in [3.05, 3.63) is 58.7 Å². The zero-order valence-electron chi connectivity index (χ0n) is 12.8. The monoisotopic (exact) mass is 371 g/mol. The third kappa shape index (κ3) is 3.12. The van der Waals surface area contributed by atoms with Crippen LogP contribution in [0.25, 0.3) is 11.0 Å². The minimum atomic E-state index is 0.852. The third-order valence-electron chi connectivity index (χ3n) is 4.39. The van der Waals surface area contributed by atoms with Gasteiger partial charge in [-0.05, 0) is 36.4 Å². The van der Waals surface area contributed by atoms with Gasteiger partial charge < -0.3 is 9.42 Å². The van der Waals surface area contributed by atoms with Crippen LogP contribution in [-0.2, 0) is 6.54 Å². The highest BCUT2D eigenvalue weighted by Crippen LogP contribution is 2.22. The van der Waals surface area contributed by atoms with Crippen molar-refractivity contribution in [3.63, 3.8) is 0 Å². The summed E-state index contributed by atoms with van der Waals surface area (Å²) in [6.45, 7) is 5.01. The molecule has 0 aliphatic carbocycles. The second kappa shape index (κ2) is 6.34. The molecule has 0 atom stereocenters. The first-order valence-electron chi connectivity index (χ1n) is 7.86. The Labute approximate surface area is 143 Å². The van der Waals surface area contributed by atoms with Crippen LogP contribution in [0.5, 0.6) is 0 Å². The summed E-state index contributed by atoms with van der Waals surface area (Å²) >= 11 is 3.49. The van der Waals surface area contributed by atoms with Crippen LogP contribution in [0.2, 0.25) is 0 Å². The molecule has 0 bridgehead atoms. The zero-order valence-corrected chi connectivity index (χ0v) is 14.4. The van der Waals surface area contributed by atoms with Crippen molar-refractivity contribution >= 4 is 32.6 Å². The van der Waals surface area contributed by atoms with Gasteiger partial charge in [-0.2, -0.15) is 0 Å². The molecule has 0 unspecified atom stereocenters. The van der Waals surface area contributed by atoms with E-state index in [1.54, 1.807) is 0 Å². The maximum atomic E-state index is 5.40. The number of rotatable bonds is 3. The second-order valence-electron chi connectivity index (χ2n) is 5.87. The van der Waals surface area contributed by atoms with Crippen molar-refractivity contribution in [1.82, 2.24) is 10.1 Å². The van der Waals surface area contributed by atoms with E-state index < -0.39 is 0 Å². The summed E-state index contributed by atoms with van der Waals surface area (Å²) in [5.74, 6) is 0. The number of fused-ring (bicyclic) bond motifs is 1. The first kappa shape index (κ1) is 14.7. The van der Waals surface area contributed by atoms with Gasteiger partial charge in [0.2, 0.25) is 0 Å². The molecule has 23 heavy (non-hydrogen) atoms. The minimum absolute atomic E-state index is 0.852. The Kier molecular flexibility index (Phi) is 4.06. The molecule has 5 heteroatoms. The van der Waals surface area contributed by atoms with Crippen LogP contribution < -0.4 is 4.90 Å². The summed E-state index contributed by atoms with van der Waals surface area (Å²) < 4.78 is 6.52. The number of aromatic nitrogens is 1. The predicted octanol–water partition coefficient (Wildman–Crippen LogP) is 3.91. The van der Waals surface area contributed by atoms with Gasteiger partial charge >= 0.3 is 0 Å². The van der Waals surface area contributed by atoms with Gasteiger partial charge in [0.15, 0.2) is 5.58 Å². The Hall–Kier alpha value is -1.85. The maximum Gasteiger partial charge on any atom is 0.167 e. The fraction of sp³-hybridized carbons (Fsp3) is 0.278. The Balaban J connectivity index is 1.41. The average Bonchev–Trinajstić information content (AvgIpc) is 3.00. The molecule has 3 aromatic rings. The molecular weight excluding hydrogens is 354 g/mol. The van der Waals surface area contributed by atoms with Crippen molar-refractivity contribution in [3.8, 4) is 0 Å². The first-order chi connectivity index (χ1) is 11.3. The van der Waals surface area contributed by atoms with E-state index in [2.05, 4.69) is 61.2 Å². The van der Waals surface area contributed by atoms with Crippen LogP contribution in [0.3, 0.4) is 0 Å². The SMILES string of the molecule is Brc1ccc(N2CCN(Cc3noc4ccccc34)CC2)cc1. The van der Waals surface area contributed by atoms with E-state index in [0.29, 0.717) is 0 Å². The van der Waals surface area contributed by atoms with Gasteiger partial charge in [-0.25, -0.2) is 0 Å². The molecule has 1 saturated heterocycles. The standard InChI is InChI=1S/C18H18BrN3O/c19-14-5-7-15(8-6-14)22-11-9-21(10-12-22)13-17-16-3-1-2-4-18(16)23-20-17/h1-8H,9-13H2. The van der Waals surface area contributed by atoms with Crippen molar-refractivity contribution in [2.45, 2.75) is 6.54 Å². The Morgan fingerprint density at radius 1 is 0.957 bits per heavy atom. The molecule has 2 aromatic carbocycles. The molecule has 2 heterocycles. The van der Waals surface area contributed by atoms with Crippen LogP contribution in [0, 0.1) is 0 Å². The average molecular weight is 372 g/mol. The molecular formula is C18H18BrN3O. The number of para-hydroxylation sites is 1. The van der Waals surface area contributed by atoms with Crippen LogP contribution in [0.15, 0.2) is 57.5 Å². The Morgan fingerprint density at radius 2 is 1.70 bits per heavy atom. The Morgan fingerprint density at radius 3 is 2.48 bits per heavy atom. The number of nitrogens with zero attached hydrogens (tertiary/aromatic N) is 3. The fourth-order valence-corrected chi connectivity index (χ4v) is 3.34. The Bertz CT molecular complexity index is 791.